The second-order valence-electron chi connectivity index (χ2n) is 4.61. The van der Waals surface area contributed by atoms with Crippen LogP contribution >= 0.6 is 15.9 Å². The van der Waals surface area contributed by atoms with Crippen molar-refractivity contribution in [3.8, 4) is 0 Å². The average Bonchev–Trinajstić information content (AvgIpc) is 2.89. The lowest BCUT2D eigenvalue weighted by Crippen LogP contribution is -2.40. The van der Waals surface area contributed by atoms with E-state index in [0.717, 1.165) is 48.7 Å². The molecular formula is C13H16BrN3O2. The summed E-state index contributed by atoms with van der Waals surface area (Å²) in [7, 11) is 0. The molecule has 3 rings (SSSR count). The highest BCUT2D eigenvalue weighted by Gasteiger charge is 2.22. The smallest absolute Gasteiger partial charge is 0.119 e. The fraction of sp³-hybridized carbons (Fsp3) is 0.462. The lowest BCUT2D eigenvalue weighted by molar-refractivity contribution is -0.00802. The van der Waals surface area contributed by atoms with E-state index in [1.807, 2.05) is 12.1 Å². The third kappa shape index (κ3) is 3.33. The molecule has 0 unspecified atom stereocenters. The normalized spacial score (nSPS) is 24.1. The molecule has 0 bridgehead atoms. The highest BCUT2D eigenvalue weighted by molar-refractivity contribution is 9.10. The summed E-state index contributed by atoms with van der Waals surface area (Å²) in [6, 6.07) is 3.93. The van der Waals surface area contributed by atoms with Crippen LogP contribution in [0.1, 0.15) is 5.69 Å². The van der Waals surface area contributed by atoms with E-state index in [2.05, 4.69) is 37.4 Å². The van der Waals surface area contributed by atoms with E-state index in [1.165, 1.54) is 0 Å². The summed E-state index contributed by atoms with van der Waals surface area (Å²) in [4.78, 5) is 12.3. The van der Waals surface area contributed by atoms with Crippen molar-refractivity contribution in [1.82, 2.24) is 15.4 Å². The Labute approximate surface area is 120 Å². The average molecular weight is 326 g/mol. The van der Waals surface area contributed by atoms with Gasteiger partial charge in [-0.2, -0.15) is 0 Å². The quantitative estimate of drug-likeness (QED) is 0.910. The highest BCUT2D eigenvalue weighted by atomic mass is 79.9. The molecule has 0 spiro atoms. The number of nitrogens with zero attached hydrogens (tertiary/aromatic N) is 2. The Morgan fingerprint density at radius 2 is 2.21 bits per heavy atom. The molecule has 5 nitrogen and oxygen atoms in total. The molecule has 1 saturated heterocycles. The minimum Gasteiger partial charge on any atom is -0.379 e. The van der Waals surface area contributed by atoms with E-state index in [0.29, 0.717) is 0 Å². The number of hydrogen-bond donors (Lipinski definition) is 1. The Morgan fingerprint density at radius 1 is 1.37 bits per heavy atom. The molecule has 1 N–H and O–H groups in total. The van der Waals surface area contributed by atoms with Crippen molar-refractivity contribution in [1.29, 1.82) is 0 Å². The van der Waals surface area contributed by atoms with Crippen LogP contribution in [0.5, 0.6) is 0 Å². The van der Waals surface area contributed by atoms with E-state index >= 15 is 0 Å². The number of ether oxygens (including phenoxy) is 1. The van der Waals surface area contributed by atoms with Gasteiger partial charge in [-0.15, -0.1) is 0 Å². The number of morpholine rings is 1. The number of aromatic nitrogens is 1. The molecule has 1 aromatic heterocycles. The van der Waals surface area contributed by atoms with Crippen LogP contribution < -0.4 is 5.48 Å². The van der Waals surface area contributed by atoms with Gasteiger partial charge in [-0.3, -0.25) is 20.2 Å². The van der Waals surface area contributed by atoms with Gasteiger partial charge in [-0.1, -0.05) is 0 Å². The molecule has 1 aromatic rings. The molecule has 1 atom stereocenters. The number of nitrogens with one attached hydrogen (secondary N) is 1. The number of hydrogen-bond acceptors (Lipinski definition) is 5. The molecule has 0 radical (unpaired) electrons. The van der Waals surface area contributed by atoms with Crippen LogP contribution in [0.3, 0.4) is 0 Å². The van der Waals surface area contributed by atoms with Crippen molar-refractivity contribution >= 4 is 21.6 Å². The van der Waals surface area contributed by atoms with Crippen molar-refractivity contribution in [2.45, 2.75) is 6.10 Å². The molecule has 0 amide bonds. The van der Waals surface area contributed by atoms with E-state index in [9.17, 15) is 0 Å². The predicted octanol–water partition coefficient (Wildman–Crippen LogP) is 1.42. The Hall–Kier alpha value is -0.950. The second kappa shape index (κ2) is 6.00. The van der Waals surface area contributed by atoms with Crippen LogP contribution in [-0.2, 0) is 9.57 Å². The Bertz CT molecular complexity index is 457. The first-order valence-corrected chi connectivity index (χ1v) is 7.16. The summed E-state index contributed by atoms with van der Waals surface area (Å²) in [5, 5.41) is 0. The Morgan fingerprint density at radius 3 is 2.95 bits per heavy atom. The summed E-state index contributed by atoms with van der Waals surface area (Å²) in [6.07, 6.45) is 3.94. The third-order valence-corrected chi connectivity index (χ3v) is 3.69. The maximum atomic E-state index is 5.58. The molecule has 102 valence electrons. The largest absolute Gasteiger partial charge is 0.379 e. The van der Waals surface area contributed by atoms with Gasteiger partial charge in [0.15, 0.2) is 0 Å². The minimum absolute atomic E-state index is 0.0681. The van der Waals surface area contributed by atoms with Crippen molar-refractivity contribution in [3.05, 3.63) is 34.6 Å². The first kappa shape index (κ1) is 13.1. The Balaban J connectivity index is 1.62. The van der Waals surface area contributed by atoms with Crippen molar-refractivity contribution in [2.75, 3.05) is 32.8 Å². The molecule has 3 heterocycles. The standard InChI is InChI=1S/C13H16BrN3O2/c14-10-1-2-12(15-8-10)13-7-11(19-16-13)9-17-3-5-18-6-4-17/h1-2,7-8,11,16H,3-6,9H2/t11-/m0/s1. The zero-order valence-corrected chi connectivity index (χ0v) is 12.1. The van der Waals surface area contributed by atoms with Crippen LogP contribution in [-0.4, -0.2) is 48.8 Å². The maximum absolute atomic E-state index is 5.58. The molecule has 2 aliphatic rings. The monoisotopic (exact) mass is 325 g/mol. The molecule has 2 aliphatic heterocycles. The van der Waals surface area contributed by atoms with Crippen LogP contribution in [0.15, 0.2) is 28.9 Å². The van der Waals surface area contributed by atoms with Gasteiger partial charge in [-0.05, 0) is 34.1 Å². The van der Waals surface area contributed by atoms with E-state index < -0.39 is 0 Å². The van der Waals surface area contributed by atoms with Gasteiger partial charge in [0.25, 0.3) is 0 Å². The van der Waals surface area contributed by atoms with Crippen LogP contribution in [0.2, 0.25) is 0 Å². The van der Waals surface area contributed by atoms with Crippen molar-refractivity contribution in [2.24, 2.45) is 0 Å². The summed E-state index contributed by atoms with van der Waals surface area (Å²) < 4.78 is 6.31. The van der Waals surface area contributed by atoms with Gasteiger partial charge in [-0.25, -0.2) is 0 Å². The Kier molecular flexibility index (Phi) is 4.12. The van der Waals surface area contributed by atoms with Crippen LogP contribution in [0.25, 0.3) is 5.70 Å². The number of rotatable bonds is 3. The first-order chi connectivity index (χ1) is 9.31. The van der Waals surface area contributed by atoms with E-state index in [4.69, 9.17) is 9.57 Å². The lowest BCUT2D eigenvalue weighted by Gasteiger charge is -2.27. The fourth-order valence-electron chi connectivity index (χ4n) is 2.19. The van der Waals surface area contributed by atoms with Gasteiger partial charge >= 0.3 is 0 Å². The van der Waals surface area contributed by atoms with Gasteiger partial charge < -0.3 is 4.74 Å². The second-order valence-corrected chi connectivity index (χ2v) is 5.53. The summed E-state index contributed by atoms with van der Waals surface area (Å²) >= 11 is 3.38. The van der Waals surface area contributed by atoms with Gasteiger partial charge in [0.05, 0.1) is 24.6 Å². The summed E-state index contributed by atoms with van der Waals surface area (Å²) in [5.74, 6) is 0. The summed E-state index contributed by atoms with van der Waals surface area (Å²) in [5.41, 5.74) is 4.79. The van der Waals surface area contributed by atoms with Gasteiger partial charge in [0, 0.05) is 30.3 Å². The van der Waals surface area contributed by atoms with Crippen LogP contribution in [0, 0.1) is 0 Å². The highest BCUT2D eigenvalue weighted by Crippen LogP contribution is 2.19. The van der Waals surface area contributed by atoms with E-state index in [-0.39, 0.29) is 6.10 Å². The van der Waals surface area contributed by atoms with Crippen molar-refractivity contribution in [3.63, 3.8) is 0 Å². The number of pyridine rings is 1. The zero-order chi connectivity index (χ0) is 13.1. The maximum Gasteiger partial charge on any atom is 0.119 e. The molecule has 6 heteroatoms. The molecule has 0 aromatic carbocycles. The molecule has 19 heavy (non-hydrogen) atoms. The van der Waals surface area contributed by atoms with Crippen molar-refractivity contribution < 1.29 is 9.57 Å². The van der Waals surface area contributed by atoms with Gasteiger partial charge in [0.1, 0.15) is 6.10 Å². The van der Waals surface area contributed by atoms with Gasteiger partial charge in [0.2, 0.25) is 0 Å². The van der Waals surface area contributed by atoms with Crippen LogP contribution in [0.4, 0.5) is 0 Å². The topological polar surface area (TPSA) is 46.6 Å². The third-order valence-electron chi connectivity index (χ3n) is 3.22. The minimum atomic E-state index is 0.0681. The fourth-order valence-corrected chi connectivity index (χ4v) is 2.43. The summed E-state index contributed by atoms with van der Waals surface area (Å²) in [6.45, 7) is 4.45. The lowest BCUT2D eigenvalue weighted by atomic mass is 10.2. The molecule has 0 saturated carbocycles. The molecule has 0 aliphatic carbocycles. The molecular weight excluding hydrogens is 310 g/mol. The number of hydroxylamine groups is 1. The zero-order valence-electron chi connectivity index (χ0n) is 10.5. The SMILES string of the molecule is Brc1ccc(C2=C[C@@H](CN3CCOCC3)ON2)nc1. The predicted molar refractivity (Wildman–Crippen MR) is 75.2 cm³/mol. The van der Waals surface area contributed by atoms with E-state index in [1.54, 1.807) is 6.20 Å². The number of halogens is 1. The molecule has 1 fully saturated rings. The first-order valence-electron chi connectivity index (χ1n) is 6.37.